The fourth-order valence-electron chi connectivity index (χ4n) is 3.69. The minimum Gasteiger partial charge on any atom is -0.378 e. The van der Waals surface area contributed by atoms with Gasteiger partial charge in [0.1, 0.15) is 11.9 Å². The van der Waals surface area contributed by atoms with Crippen LogP contribution in [0.5, 0.6) is 0 Å². The molecule has 0 bridgehead atoms. The number of tetrazole rings is 1. The molecular weight excluding hydrogens is 395 g/mol. The lowest BCUT2D eigenvalue weighted by molar-refractivity contribution is 0.122. The summed E-state index contributed by atoms with van der Waals surface area (Å²) in [6.45, 7) is 2.58. The van der Waals surface area contributed by atoms with Crippen LogP contribution in [0.1, 0.15) is 17.2 Å². The monoisotopic (exact) mass is 412 g/mol. The lowest BCUT2D eigenvalue weighted by atomic mass is 10.0. The summed E-state index contributed by atoms with van der Waals surface area (Å²) < 4.78 is 21.9. The second kappa shape index (κ2) is 7.46. The number of allylic oxidation sites excluding steroid dienone is 1. The maximum absolute atomic E-state index is 14.9. The van der Waals surface area contributed by atoms with E-state index in [0.717, 1.165) is 11.3 Å². The smallest absolute Gasteiger partial charge is 0.248 e. The van der Waals surface area contributed by atoms with Gasteiger partial charge in [-0.3, -0.25) is 0 Å². The summed E-state index contributed by atoms with van der Waals surface area (Å²) >= 11 is 6.41. The predicted octanol–water partition coefficient (Wildman–Crippen LogP) is 3.36. The maximum Gasteiger partial charge on any atom is 0.248 e. The maximum atomic E-state index is 14.9. The van der Waals surface area contributed by atoms with Gasteiger partial charge in [-0.15, -0.1) is 0 Å². The average molecular weight is 413 g/mol. The number of benzene rings is 2. The highest BCUT2D eigenvalue weighted by Crippen LogP contribution is 2.35. The fraction of sp³-hybridized carbons (Fsp3) is 0.250. The SMILES string of the molecule is Fc1cc(C2=C[C@H](c3ccccc3Cl)n3nnnc3N2)ccc1N1CCOCC1. The number of aromatic nitrogens is 4. The number of nitrogens with zero attached hydrogens (tertiary/aromatic N) is 5. The Hall–Kier alpha value is -2.97. The van der Waals surface area contributed by atoms with Gasteiger partial charge in [0.25, 0.3) is 0 Å². The Morgan fingerprint density at radius 3 is 2.76 bits per heavy atom. The van der Waals surface area contributed by atoms with Crippen molar-refractivity contribution in [3.63, 3.8) is 0 Å². The number of fused-ring (bicyclic) bond motifs is 1. The molecule has 29 heavy (non-hydrogen) atoms. The van der Waals surface area contributed by atoms with E-state index >= 15 is 0 Å². The minimum absolute atomic E-state index is 0.272. The Morgan fingerprint density at radius 1 is 1.14 bits per heavy atom. The van der Waals surface area contributed by atoms with Crippen molar-refractivity contribution in [2.24, 2.45) is 0 Å². The van der Waals surface area contributed by atoms with E-state index in [0.29, 0.717) is 48.5 Å². The van der Waals surface area contributed by atoms with Gasteiger partial charge < -0.3 is 15.0 Å². The third-order valence-corrected chi connectivity index (χ3v) is 5.51. The summed E-state index contributed by atoms with van der Waals surface area (Å²) in [6, 6.07) is 12.5. The van der Waals surface area contributed by atoms with Crippen LogP contribution in [0.15, 0.2) is 48.5 Å². The van der Waals surface area contributed by atoms with Crippen molar-refractivity contribution in [2.45, 2.75) is 6.04 Å². The van der Waals surface area contributed by atoms with Crippen LogP contribution in [0, 0.1) is 5.82 Å². The number of ether oxygens (including phenoxy) is 1. The van der Waals surface area contributed by atoms with E-state index in [9.17, 15) is 4.39 Å². The van der Waals surface area contributed by atoms with Crippen LogP contribution in [0.3, 0.4) is 0 Å². The van der Waals surface area contributed by atoms with Gasteiger partial charge in [0, 0.05) is 29.4 Å². The van der Waals surface area contributed by atoms with Gasteiger partial charge in [-0.25, -0.2) is 4.39 Å². The number of hydrogen-bond donors (Lipinski definition) is 1. The van der Waals surface area contributed by atoms with Crippen LogP contribution in [-0.2, 0) is 4.74 Å². The first kappa shape index (κ1) is 18.1. The van der Waals surface area contributed by atoms with Crippen molar-refractivity contribution < 1.29 is 9.13 Å². The van der Waals surface area contributed by atoms with Crippen molar-refractivity contribution in [1.82, 2.24) is 20.2 Å². The van der Waals surface area contributed by atoms with Crippen LogP contribution in [0.25, 0.3) is 5.70 Å². The fourth-order valence-corrected chi connectivity index (χ4v) is 3.94. The average Bonchev–Trinajstić information content (AvgIpc) is 3.23. The molecule has 1 atom stereocenters. The Bertz CT molecular complexity index is 1080. The van der Waals surface area contributed by atoms with E-state index in [1.54, 1.807) is 10.7 Å². The van der Waals surface area contributed by atoms with Gasteiger partial charge in [0.2, 0.25) is 5.95 Å². The molecule has 3 heterocycles. The van der Waals surface area contributed by atoms with Crippen molar-refractivity contribution >= 4 is 28.9 Å². The topological polar surface area (TPSA) is 68.1 Å². The molecule has 0 amide bonds. The number of hydrogen-bond acceptors (Lipinski definition) is 6. The summed E-state index contributed by atoms with van der Waals surface area (Å²) in [5.74, 6) is 0.205. The summed E-state index contributed by atoms with van der Waals surface area (Å²) in [7, 11) is 0. The molecule has 1 fully saturated rings. The molecule has 1 N–H and O–H groups in total. The quantitative estimate of drug-likeness (QED) is 0.711. The van der Waals surface area contributed by atoms with E-state index in [4.69, 9.17) is 16.3 Å². The molecule has 3 aromatic rings. The van der Waals surface area contributed by atoms with Gasteiger partial charge in [-0.05, 0) is 40.3 Å². The molecule has 5 rings (SSSR count). The molecule has 2 aliphatic heterocycles. The van der Waals surface area contributed by atoms with E-state index in [2.05, 4.69) is 20.8 Å². The molecule has 2 aromatic carbocycles. The van der Waals surface area contributed by atoms with Crippen LogP contribution >= 0.6 is 11.6 Å². The lowest BCUT2D eigenvalue weighted by Gasteiger charge is -2.29. The molecule has 0 spiro atoms. The number of nitrogens with one attached hydrogen (secondary N) is 1. The van der Waals surface area contributed by atoms with Crippen LogP contribution in [-0.4, -0.2) is 46.5 Å². The highest BCUT2D eigenvalue weighted by atomic mass is 35.5. The van der Waals surface area contributed by atoms with Gasteiger partial charge in [-0.2, -0.15) is 4.68 Å². The van der Waals surface area contributed by atoms with Crippen LogP contribution in [0.2, 0.25) is 5.02 Å². The molecule has 0 saturated carbocycles. The summed E-state index contributed by atoms with van der Waals surface area (Å²) in [6.07, 6.45) is 1.95. The summed E-state index contributed by atoms with van der Waals surface area (Å²) in [4.78, 5) is 2.00. The van der Waals surface area contributed by atoms with Crippen molar-refractivity contribution in [3.8, 4) is 0 Å². The number of halogens is 2. The molecule has 0 radical (unpaired) electrons. The van der Waals surface area contributed by atoms with Gasteiger partial charge >= 0.3 is 0 Å². The molecular formula is C20H18ClFN6O. The zero-order valence-electron chi connectivity index (χ0n) is 15.4. The van der Waals surface area contributed by atoms with E-state index in [1.165, 1.54) is 6.07 Å². The Morgan fingerprint density at radius 2 is 1.97 bits per heavy atom. The molecule has 9 heteroatoms. The van der Waals surface area contributed by atoms with Crippen molar-refractivity contribution in [2.75, 3.05) is 36.5 Å². The normalized spacial score (nSPS) is 18.8. The number of rotatable bonds is 3. The third-order valence-electron chi connectivity index (χ3n) is 5.16. The number of anilines is 2. The highest BCUT2D eigenvalue weighted by Gasteiger charge is 2.26. The molecule has 7 nitrogen and oxygen atoms in total. The zero-order valence-corrected chi connectivity index (χ0v) is 16.2. The predicted molar refractivity (Wildman–Crippen MR) is 108 cm³/mol. The Labute approximate surface area is 171 Å². The molecule has 0 aliphatic carbocycles. The first-order valence-electron chi connectivity index (χ1n) is 9.34. The molecule has 0 unspecified atom stereocenters. The first-order chi connectivity index (χ1) is 14.2. The van der Waals surface area contributed by atoms with Gasteiger partial charge in [-0.1, -0.05) is 41.0 Å². The standard InChI is InChI=1S/C20H18ClFN6O/c21-15-4-2-1-3-14(15)19-12-17(23-20-24-25-26-28(19)20)13-5-6-18(16(22)11-13)27-7-9-29-10-8-27/h1-6,11-12,19H,7-10H2,(H,23,24,26)/t19-/m1/s1. The summed E-state index contributed by atoms with van der Waals surface area (Å²) in [5.41, 5.74) is 2.89. The van der Waals surface area contributed by atoms with E-state index in [-0.39, 0.29) is 11.9 Å². The Balaban J connectivity index is 1.52. The van der Waals surface area contributed by atoms with Crippen molar-refractivity contribution in [1.29, 1.82) is 0 Å². The third kappa shape index (κ3) is 3.34. The molecule has 1 aromatic heterocycles. The largest absolute Gasteiger partial charge is 0.378 e. The minimum atomic E-state index is -0.299. The number of morpholine rings is 1. The first-order valence-corrected chi connectivity index (χ1v) is 9.72. The molecule has 2 aliphatic rings. The summed E-state index contributed by atoms with van der Waals surface area (Å²) in [5, 5.41) is 15.7. The molecule has 1 saturated heterocycles. The van der Waals surface area contributed by atoms with Crippen LogP contribution in [0.4, 0.5) is 16.0 Å². The van der Waals surface area contributed by atoms with Crippen LogP contribution < -0.4 is 10.2 Å². The Kier molecular flexibility index (Phi) is 4.65. The highest BCUT2D eigenvalue weighted by molar-refractivity contribution is 6.31. The van der Waals surface area contributed by atoms with Gasteiger partial charge in [0.05, 0.1) is 18.9 Å². The van der Waals surface area contributed by atoms with E-state index in [1.807, 2.05) is 41.3 Å². The second-order valence-corrected chi connectivity index (χ2v) is 7.29. The second-order valence-electron chi connectivity index (χ2n) is 6.88. The van der Waals surface area contributed by atoms with Gasteiger partial charge in [0.15, 0.2) is 0 Å². The van der Waals surface area contributed by atoms with E-state index < -0.39 is 0 Å². The molecule has 148 valence electrons. The lowest BCUT2D eigenvalue weighted by Crippen LogP contribution is -2.36. The van der Waals surface area contributed by atoms with Crippen molar-refractivity contribution in [3.05, 3.63) is 70.5 Å². The zero-order chi connectivity index (χ0) is 19.8.